The van der Waals surface area contributed by atoms with Gasteiger partial charge in [-0.1, -0.05) is 6.07 Å². The van der Waals surface area contributed by atoms with E-state index in [9.17, 15) is 4.79 Å². The number of aryl methyl sites for hydroxylation is 1. The van der Waals surface area contributed by atoms with Crippen LogP contribution in [0.3, 0.4) is 0 Å². The van der Waals surface area contributed by atoms with Crippen molar-refractivity contribution in [1.82, 2.24) is 9.97 Å². The van der Waals surface area contributed by atoms with Crippen LogP contribution in [0, 0.1) is 6.92 Å². The molecule has 0 unspecified atom stereocenters. The third-order valence-corrected chi connectivity index (χ3v) is 3.11. The predicted octanol–water partition coefficient (Wildman–Crippen LogP) is 3.08. The standard InChI is InChI=1S/C13H12BrN3O2/c1-8-3-4-9(14)10(5-8)16-12-7-15-6-11(17-12)13(18)19-2/h3-7H,1-2H3,(H,16,17). The number of methoxy groups -OCH3 is 1. The molecular weight excluding hydrogens is 310 g/mol. The molecule has 0 bridgehead atoms. The smallest absolute Gasteiger partial charge is 0.358 e. The van der Waals surface area contributed by atoms with E-state index in [1.54, 1.807) is 6.20 Å². The zero-order chi connectivity index (χ0) is 13.8. The van der Waals surface area contributed by atoms with Crippen LogP contribution < -0.4 is 5.32 Å². The lowest BCUT2D eigenvalue weighted by Gasteiger charge is -2.09. The number of hydrogen-bond donors (Lipinski definition) is 1. The van der Waals surface area contributed by atoms with Crippen LogP contribution in [0.1, 0.15) is 16.1 Å². The van der Waals surface area contributed by atoms with Crippen LogP contribution >= 0.6 is 15.9 Å². The molecule has 2 rings (SSSR count). The molecule has 6 heteroatoms. The summed E-state index contributed by atoms with van der Waals surface area (Å²) in [6, 6.07) is 5.90. The highest BCUT2D eigenvalue weighted by molar-refractivity contribution is 9.10. The molecule has 0 aliphatic rings. The fourth-order valence-electron chi connectivity index (χ4n) is 1.50. The highest BCUT2D eigenvalue weighted by Gasteiger charge is 2.09. The van der Waals surface area contributed by atoms with Gasteiger partial charge in [0, 0.05) is 4.47 Å². The Labute approximate surface area is 119 Å². The Morgan fingerprint density at radius 1 is 1.37 bits per heavy atom. The van der Waals surface area contributed by atoms with Crippen molar-refractivity contribution < 1.29 is 9.53 Å². The summed E-state index contributed by atoms with van der Waals surface area (Å²) in [5.41, 5.74) is 2.13. The summed E-state index contributed by atoms with van der Waals surface area (Å²) in [6.07, 6.45) is 2.91. The maximum atomic E-state index is 11.4. The molecule has 0 aliphatic heterocycles. The third kappa shape index (κ3) is 3.29. The van der Waals surface area contributed by atoms with Crippen LogP contribution in [0.2, 0.25) is 0 Å². The van der Waals surface area contributed by atoms with Crippen molar-refractivity contribution in [3.63, 3.8) is 0 Å². The molecule has 1 aromatic heterocycles. The fraction of sp³-hybridized carbons (Fsp3) is 0.154. The number of nitrogens with zero attached hydrogens (tertiary/aromatic N) is 2. The van der Waals surface area contributed by atoms with Crippen molar-refractivity contribution >= 4 is 33.4 Å². The summed E-state index contributed by atoms with van der Waals surface area (Å²) in [5.74, 6) is -0.0337. The lowest BCUT2D eigenvalue weighted by atomic mass is 10.2. The minimum atomic E-state index is -0.514. The second-order valence-electron chi connectivity index (χ2n) is 3.89. The molecule has 1 N–H and O–H groups in total. The normalized spacial score (nSPS) is 10.1. The highest BCUT2D eigenvalue weighted by atomic mass is 79.9. The number of anilines is 2. The number of rotatable bonds is 3. The second-order valence-corrected chi connectivity index (χ2v) is 4.74. The quantitative estimate of drug-likeness (QED) is 0.880. The average molecular weight is 322 g/mol. The van der Waals surface area contributed by atoms with Crippen molar-refractivity contribution in [1.29, 1.82) is 0 Å². The lowest BCUT2D eigenvalue weighted by molar-refractivity contribution is 0.0593. The third-order valence-electron chi connectivity index (χ3n) is 2.41. The number of carbonyl (C=O) groups excluding carboxylic acids is 1. The largest absolute Gasteiger partial charge is 0.464 e. The molecule has 0 aliphatic carbocycles. The summed E-state index contributed by atoms with van der Waals surface area (Å²) in [5, 5.41) is 3.10. The first-order chi connectivity index (χ1) is 9.10. The number of aromatic nitrogens is 2. The molecule has 0 fully saturated rings. The Balaban J connectivity index is 2.28. The molecule has 0 saturated heterocycles. The van der Waals surface area contributed by atoms with Crippen LogP contribution in [-0.2, 0) is 4.74 Å². The summed E-state index contributed by atoms with van der Waals surface area (Å²) >= 11 is 3.45. The first kappa shape index (κ1) is 13.5. The SMILES string of the molecule is COC(=O)c1cncc(Nc2cc(C)ccc2Br)n1. The fourth-order valence-corrected chi connectivity index (χ4v) is 1.85. The molecule has 1 heterocycles. The zero-order valence-corrected chi connectivity index (χ0v) is 12.1. The number of carbonyl (C=O) groups is 1. The maximum Gasteiger partial charge on any atom is 0.358 e. The van der Waals surface area contributed by atoms with Crippen LogP contribution in [0.4, 0.5) is 11.5 Å². The van der Waals surface area contributed by atoms with Gasteiger partial charge in [-0.15, -0.1) is 0 Å². The Bertz CT molecular complexity index is 617. The van der Waals surface area contributed by atoms with Crippen LogP contribution in [0.15, 0.2) is 35.1 Å². The minimum absolute atomic E-state index is 0.163. The maximum absolute atomic E-state index is 11.4. The van der Waals surface area contributed by atoms with Gasteiger partial charge in [-0.3, -0.25) is 4.98 Å². The number of nitrogens with one attached hydrogen (secondary N) is 1. The molecule has 0 atom stereocenters. The number of esters is 1. The van der Waals surface area contributed by atoms with Gasteiger partial charge >= 0.3 is 5.97 Å². The molecule has 1 aromatic carbocycles. The van der Waals surface area contributed by atoms with E-state index >= 15 is 0 Å². The van der Waals surface area contributed by atoms with E-state index in [1.165, 1.54) is 13.3 Å². The predicted molar refractivity (Wildman–Crippen MR) is 75.5 cm³/mol. The Morgan fingerprint density at radius 2 is 2.16 bits per heavy atom. The molecule has 0 radical (unpaired) electrons. The van der Waals surface area contributed by atoms with Crippen LogP contribution in [0.25, 0.3) is 0 Å². The molecule has 5 nitrogen and oxygen atoms in total. The van der Waals surface area contributed by atoms with E-state index in [1.807, 2.05) is 25.1 Å². The Morgan fingerprint density at radius 3 is 2.89 bits per heavy atom. The molecule has 2 aromatic rings. The molecule has 98 valence electrons. The van der Waals surface area contributed by atoms with Gasteiger partial charge in [0.15, 0.2) is 5.69 Å². The Kier molecular flexibility index (Phi) is 4.11. The number of halogens is 1. The first-order valence-electron chi connectivity index (χ1n) is 5.53. The first-order valence-corrected chi connectivity index (χ1v) is 6.33. The van der Waals surface area contributed by atoms with Gasteiger partial charge in [-0.2, -0.15) is 0 Å². The van der Waals surface area contributed by atoms with E-state index in [2.05, 4.69) is 36.0 Å². The van der Waals surface area contributed by atoms with E-state index in [0.717, 1.165) is 15.7 Å². The highest BCUT2D eigenvalue weighted by Crippen LogP contribution is 2.25. The molecule has 0 amide bonds. The summed E-state index contributed by atoms with van der Waals surface area (Å²) in [6.45, 7) is 1.99. The van der Waals surface area contributed by atoms with Crippen molar-refractivity contribution in [3.05, 3.63) is 46.3 Å². The van der Waals surface area contributed by atoms with E-state index < -0.39 is 5.97 Å². The molecular formula is C13H12BrN3O2. The van der Waals surface area contributed by atoms with Crippen molar-refractivity contribution in [2.24, 2.45) is 0 Å². The van der Waals surface area contributed by atoms with Gasteiger partial charge in [0.2, 0.25) is 0 Å². The minimum Gasteiger partial charge on any atom is -0.464 e. The van der Waals surface area contributed by atoms with Crippen LogP contribution in [0.5, 0.6) is 0 Å². The Hall–Kier alpha value is -1.95. The summed E-state index contributed by atoms with van der Waals surface area (Å²) in [4.78, 5) is 19.5. The van der Waals surface area contributed by atoms with Gasteiger partial charge in [0.05, 0.1) is 25.2 Å². The van der Waals surface area contributed by atoms with Crippen molar-refractivity contribution in [2.75, 3.05) is 12.4 Å². The van der Waals surface area contributed by atoms with Gasteiger partial charge in [0.25, 0.3) is 0 Å². The van der Waals surface area contributed by atoms with Crippen molar-refractivity contribution in [2.45, 2.75) is 6.92 Å². The molecule has 0 saturated carbocycles. The van der Waals surface area contributed by atoms with Crippen LogP contribution in [-0.4, -0.2) is 23.0 Å². The molecule has 0 spiro atoms. The van der Waals surface area contributed by atoms with Gasteiger partial charge in [-0.25, -0.2) is 9.78 Å². The average Bonchev–Trinajstić information content (AvgIpc) is 2.42. The van der Waals surface area contributed by atoms with Gasteiger partial charge in [0.1, 0.15) is 5.82 Å². The van der Waals surface area contributed by atoms with Crippen molar-refractivity contribution in [3.8, 4) is 0 Å². The topological polar surface area (TPSA) is 64.1 Å². The van der Waals surface area contributed by atoms with Gasteiger partial charge in [-0.05, 0) is 40.5 Å². The molecule has 19 heavy (non-hydrogen) atoms. The number of ether oxygens (including phenoxy) is 1. The van der Waals surface area contributed by atoms with E-state index in [0.29, 0.717) is 5.82 Å². The lowest BCUT2D eigenvalue weighted by Crippen LogP contribution is -2.06. The summed E-state index contributed by atoms with van der Waals surface area (Å²) < 4.78 is 5.51. The number of benzene rings is 1. The monoisotopic (exact) mass is 321 g/mol. The van der Waals surface area contributed by atoms with E-state index in [4.69, 9.17) is 0 Å². The van der Waals surface area contributed by atoms with E-state index in [-0.39, 0.29) is 5.69 Å². The van der Waals surface area contributed by atoms with Gasteiger partial charge < -0.3 is 10.1 Å². The second kappa shape index (κ2) is 5.79. The zero-order valence-electron chi connectivity index (χ0n) is 10.5. The summed E-state index contributed by atoms with van der Waals surface area (Å²) in [7, 11) is 1.31. The number of hydrogen-bond acceptors (Lipinski definition) is 5.